The van der Waals surface area contributed by atoms with Gasteiger partial charge in [0, 0.05) is 0 Å². The number of benzene rings is 2. The molecule has 0 nitrogen and oxygen atoms in total. The Balaban J connectivity index is 0.00000104. The third-order valence-electron chi connectivity index (χ3n) is 4.71. The van der Waals surface area contributed by atoms with E-state index in [4.69, 9.17) is 0 Å². The average Bonchev–Trinajstić information content (AvgIpc) is 3.15. The Bertz CT molecular complexity index is 862. The molecule has 0 bridgehead atoms. The molecule has 0 N–H and O–H groups in total. The number of halogens is 2. The summed E-state index contributed by atoms with van der Waals surface area (Å²) in [5, 5.41) is 0. The minimum absolute atomic E-state index is 0. The first-order chi connectivity index (χ1) is 10.8. The fraction of sp³-hybridized carbons (Fsp3) is 0.200. The molecule has 4 heteroatoms. The number of fused-ring (bicyclic) bond motifs is 3. The summed E-state index contributed by atoms with van der Waals surface area (Å²) in [6.45, 7) is 5.06. The van der Waals surface area contributed by atoms with Gasteiger partial charge < -0.3 is 24.8 Å². The quantitative estimate of drug-likeness (QED) is 0.459. The summed E-state index contributed by atoms with van der Waals surface area (Å²) in [7, 11) is 0. The standard InChI is InChI=1S/C13H9.C5H5.C2H6Si.2ClH.Ti/c1-3-7-12-10(5-1)9-11-6-2-4-8-13(11)12;1-2-4-5-3-1;1-3-2;;;/h1-5,7-8H,9H2;1-3H,4H2;1-2H3;2*1H;/q;;;;;+2/p-2. The van der Waals surface area contributed by atoms with Gasteiger partial charge in [-0.25, -0.2) is 0 Å². The molecule has 2 aliphatic rings. The van der Waals surface area contributed by atoms with Gasteiger partial charge in [-0.1, -0.05) is 0 Å². The van der Waals surface area contributed by atoms with E-state index in [9.17, 15) is 0 Å². The minimum atomic E-state index is -1.32. The van der Waals surface area contributed by atoms with Crippen molar-refractivity contribution in [1.82, 2.24) is 0 Å². The Morgan fingerprint density at radius 2 is 1.67 bits per heavy atom. The molecule has 0 saturated heterocycles. The van der Waals surface area contributed by atoms with Crippen LogP contribution in [0.25, 0.3) is 11.1 Å². The molecule has 24 heavy (non-hydrogen) atoms. The Hall–Kier alpha value is -0.569. The number of hydrogen-bond acceptors (Lipinski definition) is 0. The van der Waals surface area contributed by atoms with Gasteiger partial charge in [0.05, 0.1) is 0 Å². The summed E-state index contributed by atoms with van der Waals surface area (Å²) in [5.41, 5.74) is 6.14. The fourth-order valence-corrected chi connectivity index (χ4v) is 14.9. The van der Waals surface area contributed by atoms with Crippen LogP contribution in [-0.2, 0) is 23.0 Å². The first-order valence-electron chi connectivity index (χ1n) is 8.00. The van der Waals surface area contributed by atoms with Crippen molar-refractivity contribution in [2.45, 2.75) is 25.9 Å². The zero-order valence-electron chi connectivity index (χ0n) is 13.9. The molecule has 0 amide bonds. The molecule has 0 atom stereocenters. The predicted octanol–water partition coefficient (Wildman–Crippen LogP) is -1.40. The summed E-state index contributed by atoms with van der Waals surface area (Å²) < 4.78 is 3.53. The van der Waals surface area contributed by atoms with E-state index in [0.29, 0.717) is 0 Å². The number of hydrogen-bond donors (Lipinski definition) is 0. The van der Waals surface area contributed by atoms with Gasteiger partial charge in [0.15, 0.2) is 0 Å². The third kappa shape index (κ3) is 3.38. The maximum absolute atomic E-state index is 2.53. The van der Waals surface area contributed by atoms with Gasteiger partial charge in [-0.05, 0) is 0 Å². The van der Waals surface area contributed by atoms with E-state index in [1.807, 2.05) is 0 Å². The summed E-state index contributed by atoms with van der Waals surface area (Å²) >= 11 is -1.32. The number of allylic oxidation sites excluding steroid dienone is 4. The smallest absolute Gasteiger partial charge is 1.00 e. The SMILES string of the molecule is C[Si](C)=[Ti+2]([C]1=CC=CC1)[c]1cccc2c1Cc1ccccc1-2.[Cl-].[Cl-]. The van der Waals surface area contributed by atoms with Gasteiger partial charge in [-0.15, -0.1) is 0 Å². The van der Waals surface area contributed by atoms with Crippen LogP contribution < -0.4 is 28.7 Å². The molecular formula is C20H20Cl2SiTi. The molecule has 0 unspecified atom stereocenters. The van der Waals surface area contributed by atoms with Crippen molar-refractivity contribution in [2.75, 3.05) is 0 Å². The van der Waals surface area contributed by atoms with Crippen molar-refractivity contribution >= 4 is 10.1 Å². The maximum Gasteiger partial charge on any atom is -1.00 e. The number of rotatable bonds is 2. The second kappa shape index (κ2) is 8.21. The van der Waals surface area contributed by atoms with E-state index in [-0.39, 0.29) is 31.0 Å². The third-order valence-corrected chi connectivity index (χ3v) is 16.0. The van der Waals surface area contributed by atoms with Crippen molar-refractivity contribution in [3.05, 3.63) is 75.7 Å². The second-order valence-electron chi connectivity index (χ2n) is 6.36. The van der Waals surface area contributed by atoms with Crippen molar-refractivity contribution in [1.29, 1.82) is 0 Å². The fourth-order valence-electron chi connectivity index (χ4n) is 3.79. The predicted molar refractivity (Wildman–Crippen MR) is 93.6 cm³/mol. The Morgan fingerprint density at radius 3 is 2.38 bits per heavy atom. The van der Waals surface area contributed by atoms with Gasteiger partial charge in [0.25, 0.3) is 0 Å². The van der Waals surface area contributed by atoms with Gasteiger partial charge in [0.1, 0.15) is 0 Å². The maximum atomic E-state index is 2.53. The van der Waals surface area contributed by atoms with Crippen LogP contribution in [0.3, 0.4) is 0 Å². The van der Waals surface area contributed by atoms with Gasteiger partial charge in [-0.3, -0.25) is 0 Å². The van der Waals surface area contributed by atoms with E-state index < -0.39 is 16.6 Å². The minimum Gasteiger partial charge on any atom is -1.00 e. The molecule has 0 spiro atoms. The molecule has 2 aromatic rings. The summed E-state index contributed by atoms with van der Waals surface area (Å²) in [4.78, 5) is 0. The monoisotopic (exact) mass is 406 g/mol. The molecule has 0 saturated carbocycles. The molecule has 0 radical (unpaired) electrons. The zero-order valence-corrected chi connectivity index (χ0v) is 18.0. The normalized spacial score (nSPS) is 13.0. The van der Waals surface area contributed by atoms with Gasteiger partial charge >= 0.3 is 139 Å². The summed E-state index contributed by atoms with van der Waals surface area (Å²) in [5.74, 6) is 0. The Labute approximate surface area is 163 Å². The molecule has 2 aromatic carbocycles. The largest absolute Gasteiger partial charge is 1.00 e. The van der Waals surface area contributed by atoms with Crippen molar-refractivity contribution < 1.29 is 41.4 Å². The van der Waals surface area contributed by atoms with Crippen LogP contribution in [0.4, 0.5) is 0 Å². The van der Waals surface area contributed by atoms with Crippen LogP contribution in [0.1, 0.15) is 17.5 Å². The zero-order chi connectivity index (χ0) is 15.1. The van der Waals surface area contributed by atoms with E-state index in [2.05, 4.69) is 73.8 Å². The molecule has 2 aliphatic carbocycles. The summed E-state index contributed by atoms with van der Waals surface area (Å²) in [6.07, 6.45) is 9.13. The van der Waals surface area contributed by atoms with Crippen LogP contribution in [0, 0.1) is 0 Å². The first-order valence-corrected chi connectivity index (χ1v) is 14.4. The van der Waals surface area contributed by atoms with Crippen LogP contribution in [-0.4, -0.2) is 6.19 Å². The molecule has 0 fully saturated rings. The second-order valence-corrected chi connectivity index (χ2v) is 18.1. The van der Waals surface area contributed by atoms with Crippen molar-refractivity contribution in [2.24, 2.45) is 0 Å². The van der Waals surface area contributed by atoms with E-state index in [1.165, 1.54) is 23.1 Å². The van der Waals surface area contributed by atoms with Gasteiger partial charge in [-0.2, -0.15) is 0 Å². The van der Waals surface area contributed by atoms with E-state index >= 15 is 0 Å². The first kappa shape index (κ1) is 19.8. The van der Waals surface area contributed by atoms with E-state index in [1.54, 1.807) is 13.3 Å². The van der Waals surface area contributed by atoms with Crippen LogP contribution in [0.2, 0.25) is 13.1 Å². The topological polar surface area (TPSA) is 0 Å². The summed E-state index contributed by atoms with van der Waals surface area (Å²) in [6, 6.07) is 16.0. The molecule has 122 valence electrons. The van der Waals surface area contributed by atoms with Crippen molar-refractivity contribution in [3.63, 3.8) is 0 Å². The molecule has 0 aromatic heterocycles. The van der Waals surface area contributed by atoms with Crippen molar-refractivity contribution in [3.8, 4) is 11.1 Å². The Kier molecular flexibility index (Phi) is 6.75. The molecular weight excluding hydrogens is 387 g/mol. The van der Waals surface area contributed by atoms with E-state index in [0.717, 1.165) is 6.42 Å². The van der Waals surface area contributed by atoms with Crippen LogP contribution in [0.5, 0.6) is 0 Å². The molecule has 0 aliphatic heterocycles. The Morgan fingerprint density at radius 1 is 0.917 bits per heavy atom. The molecule has 0 heterocycles. The van der Waals surface area contributed by atoms with Crippen LogP contribution >= 0.6 is 0 Å². The molecule has 4 rings (SSSR count). The van der Waals surface area contributed by atoms with Gasteiger partial charge in [0.2, 0.25) is 0 Å². The van der Waals surface area contributed by atoms with Crippen LogP contribution in [0.15, 0.2) is 64.6 Å². The average molecular weight is 407 g/mol.